The molecule has 0 saturated heterocycles. The van der Waals surface area contributed by atoms with Crippen LogP contribution in [-0.4, -0.2) is 42.1 Å². The van der Waals surface area contributed by atoms with E-state index in [0.717, 1.165) is 5.56 Å². The minimum absolute atomic E-state index is 0.0369. The standard InChI is InChI=1S/C15H22O5/c1-3-13(14(15(17)18)19-4-2)11-5-7-12(8-6-11)20-10-9-16/h5-8,13-14,16H,3-4,9-10H2,1-2H3,(H,17,18)/t13?,14-/m0/s1. The summed E-state index contributed by atoms with van der Waals surface area (Å²) in [6.07, 6.45) is -0.164. The zero-order valence-corrected chi connectivity index (χ0v) is 11.9. The van der Waals surface area contributed by atoms with Crippen molar-refractivity contribution in [2.24, 2.45) is 0 Å². The second-order valence-electron chi connectivity index (χ2n) is 4.37. The molecular weight excluding hydrogens is 260 g/mol. The highest BCUT2D eigenvalue weighted by Crippen LogP contribution is 2.27. The van der Waals surface area contributed by atoms with Crippen molar-refractivity contribution in [3.63, 3.8) is 0 Å². The van der Waals surface area contributed by atoms with Crippen molar-refractivity contribution < 1.29 is 24.5 Å². The van der Waals surface area contributed by atoms with Gasteiger partial charge in [-0.25, -0.2) is 4.79 Å². The van der Waals surface area contributed by atoms with E-state index in [4.69, 9.17) is 14.6 Å². The topological polar surface area (TPSA) is 76.0 Å². The van der Waals surface area contributed by atoms with Gasteiger partial charge in [0, 0.05) is 12.5 Å². The third-order valence-corrected chi connectivity index (χ3v) is 3.06. The lowest BCUT2D eigenvalue weighted by molar-refractivity contribution is -0.151. The summed E-state index contributed by atoms with van der Waals surface area (Å²) in [6, 6.07) is 7.24. The Morgan fingerprint density at radius 2 is 1.90 bits per heavy atom. The first-order chi connectivity index (χ1) is 9.63. The average molecular weight is 282 g/mol. The second-order valence-corrected chi connectivity index (χ2v) is 4.37. The SMILES string of the molecule is CCO[C@H](C(=O)O)C(CC)c1ccc(OCCO)cc1. The number of rotatable bonds is 9. The maximum Gasteiger partial charge on any atom is 0.333 e. The summed E-state index contributed by atoms with van der Waals surface area (Å²) in [7, 11) is 0. The molecule has 0 amide bonds. The van der Waals surface area contributed by atoms with Crippen LogP contribution in [0.15, 0.2) is 24.3 Å². The highest BCUT2D eigenvalue weighted by Gasteiger charge is 2.28. The van der Waals surface area contributed by atoms with Crippen molar-refractivity contribution in [2.75, 3.05) is 19.8 Å². The number of carbonyl (C=O) groups is 1. The van der Waals surface area contributed by atoms with Gasteiger partial charge in [-0.1, -0.05) is 19.1 Å². The summed E-state index contributed by atoms with van der Waals surface area (Å²) < 4.78 is 10.6. The summed E-state index contributed by atoms with van der Waals surface area (Å²) in [6.45, 7) is 4.30. The van der Waals surface area contributed by atoms with Crippen LogP contribution in [0.2, 0.25) is 0 Å². The van der Waals surface area contributed by atoms with Crippen LogP contribution in [0.4, 0.5) is 0 Å². The van der Waals surface area contributed by atoms with Gasteiger partial charge in [0.1, 0.15) is 12.4 Å². The quantitative estimate of drug-likeness (QED) is 0.725. The van der Waals surface area contributed by atoms with Gasteiger partial charge in [0.05, 0.1) is 6.61 Å². The molecule has 0 saturated carbocycles. The van der Waals surface area contributed by atoms with E-state index in [1.807, 2.05) is 19.1 Å². The molecule has 1 aromatic carbocycles. The lowest BCUT2D eigenvalue weighted by atomic mass is 9.91. The van der Waals surface area contributed by atoms with Crippen LogP contribution in [0, 0.1) is 0 Å². The molecule has 0 heterocycles. The lowest BCUT2D eigenvalue weighted by Gasteiger charge is -2.23. The molecule has 20 heavy (non-hydrogen) atoms. The van der Waals surface area contributed by atoms with E-state index < -0.39 is 12.1 Å². The zero-order chi connectivity index (χ0) is 15.0. The first-order valence-corrected chi connectivity index (χ1v) is 6.82. The Hall–Kier alpha value is -1.59. The fraction of sp³-hybridized carbons (Fsp3) is 0.533. The van der Waals surface area contributed by atoms with Gasteiger partial charge >= 0.3 is 5.97 Å². The van der Waals surface area contributed by atoms with E-state index >= 15 is 0 Å². The van der Waals surface area contributed by atoms with Crippen molar-refractivity contribution in [1.29, 1.82) is 0 Å². The molecule has 5 heteroatoms. The van der Waals surface area contributed by atoms with Gasteiger partial charge < -0.3 is 19.7 Å². The molecule has 0 aliphatic carbocycles. The van der Waals surface area contributed by atoms with Crippen molar-refractivity contribution in [2.45, 2.75) is 32.3 Å². The van der Waals surface area contributed by atoms with E-state index in [0.29, 0.717) is 18.8 Å². The van der Waals surface area contributed by atoms with Crippen molar-refractivity contribution >= 4 is 5.97 Å². The third kappa shape index (κ3) is 4.51. The van der Waals surface area contributed by atoms with Crippen LogP contribution in [0.3, 0.4) is 0 Å². The molecule has 5 nitrogen and oxygen atoms in total. The highest BCUT2D eigenvalue weighted by molar-refractivity contribution is 5.73. The van der Waals surface area contributed by atoms with Gasteiger partial charge in [-0.3, -0.25) is 0 Å². The number of hydrogen-bond donors (Lipinski definition) is 2. The average Bonchev–Trinajstić information content (AvgIpc) is 2.46. The minimum Gasteiger partial charge on any atom is -0.491 e. The fourth-order valence-electron chi connectivity index (χ4n) is 2.14. The number of carboxylic acids is 1. The number of aliphatic hydroxyl groups is 1. The lowest BCUT2D eigenvalue weighted by Crippen LogP contribution is -2.30. The Morgan fingerprint density at radius 3 is 2.35 bits per heavy atom. The largest absolute Gasteiger partial charge is 0.491 e. The van der Waals surface area contributed by atoms with E-state index in [2.05, 4.69) is 0 Å². The summed E-state index contributed by atoms with van der Waals surface area (Å²) in [5, 5.41) is 18.0. The minimum atomic E-state index is -0.945. The molecule has 0 bridgehead atoms. The number of carboxylic acid groups (broad SMARTS) is 1. The molecular formula is C15H22O5. The summed E-state index contributed by atoms with van der Waals surface area (Å²) >= 11 is 0. The van der Waals surface area contributed by atoms with Gasteiger partial charge in [-0.2, -0.15) is 0 Å². The summed E-state index contributed by atoms with van der Waals surface area (Å²) in [4.78, 5) is 11.3. The van der Waals surface area contributed by atoms with Crippen LogP contribution in [0.1, 0.15) is 31.7 Å². The maximum absolute atomic E-state index is 11.3. The number of benzene rings is 1. The van der Waals surface area contributed by atoms with Gasteiger partial charge in [0.25, 0.3) is 0 Å². The molecule has 0 aliphatic heterocycles. The Bertz CT molecular complexity index is 401. The van der Waals surface area contributed by atoms with Gasteiger partial charge in [-0.15, -0.1) is 0 Å². The van der Waals surface area contributed by atoms with E-state index in [9.17, 15) is 9.90 Å². The monoisotopic (exact) mass is 282 g/mol. The predicted octanol–water partition coefficient (Wildman–Crippen LogP) is 2.04. The first-order valence-electron chi connectivity index (χ1n) is 6.82. The molecule has 2 N–H and O–H groups in total. The van der Waals surface area contributed by atoms with Crippen LogP contribution >= 0.6 is 0 Å². The zero-order valence-electron chi connectivity index (χ0n) is 11.9. The molecule has 0 aromatic heterocycles. The van der Waals surface area contributed by atoms with Gasteiger partial charge in [-0.05, 0) is 31.0 Å². The number of ether oxygens (including phenoxy) is 2. The van der Waals surface area contributed by atoms with Gasteiger partial charge in [0.15, 0.2) is 6.10 Å². The maximum atomic E-state index is 11.3. The molecule has 2 atom stereocenters. The Labute approximate surface area is 119 Å². The molecule has 0 fully saturated rings. The number of aliphatic carboxylic acids is 1. The Balaban J connectivity index is 2.85. The van der Waals surface area contributed by atoms with Gasteiger partial charge in [0.2, 0.25) is 0 Å². The van der Waals surface area contributed by atoms with Crippen molar-refractivity contribution in [3.8, 4) is 5.75 Å². The van der Waals surface area contributed by atoms with Crippen LogP contribution in [0.5, 0.6) is 5.75 Å². The molecule has 1 unspecified atom stereocenters. The van der Waals surface area contributed by atoms with Crippen LogP contribution < -0.4 is 4.74 Å². The summed E-state index contributed by atoms with van der Waals surface area (Å²) in [5.74, 6) is -0.486. The van der Waals surface area contributed by atoms with Crippen molar-refractivity contribution in [3.05, 3.63) is 29.8 Å². The Kier molecular flexibility index (Phi) is 7.04. The highest BCUT2D eigenvalue weighted by atomic mass is 16.5. The normalized spacial score (nSPS) is 13.8. The molecule has 1 aromatic rings. The predicted molar refractivity (Wildman–Crippen MR) is 75.1 cm³/mol. The van der Waals surface area contributed by atoms with Crippen LogP contribution in [-0.2, 0) is 9.53 Å². The molecule has 112 valence electrons. The molecule has 1 rings (SSSR count). The van der Waals surface area contributed by atoms with E-state index in [1.165, 1.54) is 0 Å². The fourth-order valence-corrected chi connectivity index (χ4v) is 2.14. The van der Waals surface area contributed by atoms with Crippen LogP contribution in [0.25, 0.3) is 0 Å². The van der Waals surface area contributed by atoms with E-state index in [1.54, 1.807) is 19.1 Å². The molecule has 0 aliphatic rings. The first kappa shape index (κ1) is 16.5. The third-order valence-electron chi connectivity index (χ3n) is 3.06. The number of aliphatic hydroxyl groups excluding tert-OH is 1. The second kappa shape index (κ2) is 8.55. The molecule has 0 radical (unpaired) electrons. The smallest absolute Gasteiger partial charge is 0.333 e. The number of hydrogen-bond acceptors (Lipinski definition) is 4. The van der Waals surface area contributed by atoms with Crippen molar-refractivity contribution in [1.82, 2.24) is 0 Å². The van der Waals surface area contributed by atoms with E-state index in [-0.39, 0.29) is 19.1 Å². The molecule has 0 spiro atoms. The Morgan fingerprint density at radius 1 is 1.25 bits per heavy atom. The summed E-state index contributed by atoms with van der Waals surface area (Å²) in [5.41, 5.74) is 0.907.